The minimum atomic E-state index is -0.366. The molecule has 3 rings (SSSR count). The van der Waals surface area contributed by atoms with Gasteiger partial charge in [-0.05, 0) is 50.3 Å². The lowest BCUT2D eigenvalue weighted by atomic mass is 9.79. The molecule has 1 saturated carbocycles. The number of anilines is 1. The Bertz CT molecular complexity index is 639. The summed E-state index contributed by atoms with van der Waals surface area (Å²) in [6, 6.07) is 4.01. The minimum Gasteiger partial charge on any atom is -0.398 e. The molecule has 0 amide bonds. The summed E-state index contributed by atoms with van der Waals surface area (Å²) in [6.45, 7) is 4.00. The number of benzene rings is 1. The first kappa shape index (κ1) is 13.1. The van der Waals surface area contributed by atoms with E-state index >= 15 is 0 Å². The second-order valence-electron chi connectivity index (χ2n) is 5.52. The van der Waals surface area contributed by atoms with Gasteiger partial charge in [-0.15, -0.1) is 0 Å². The van der Waals surface area contributed by atoms with Crippen molar-refractivity contribution in [2.75, 3.05) is 12.8 Å². The van der Waals surface area contributed by atoms with Crippen molar-refractivity contribution in [2.24, 2.45) is 0 Å². The topological polar surface area (TPSA) is 74.2 Å². The molecule has 1 aromatic heterocycles. The maximum atomic E-state index is 6.12. The highest BCUT2D eigenvalue weighted by Crippen LogP contribution is 2.43. The number of methoxy groups -OCH3 is 1. The number of ether oxygens (including phenoxy) is 1. The SMILES string of the molecule is COC1(c2noc(-c3cc(C)cc(C)c3N)n2)CCC1. The molecule has 106 valence electrons. The van der Waals surface area contributed by atoms with Crippen molar-refractivity contribution >= 4 is 5.69 Å². The van der Waals surface area contributed by atoms with Gasteiger partial charge in [-0.3, -0.25) is 0 Å². The summed E-state index contributed by atoms with van der Waals surface area (Å²) in [5.74, 6) is 1.09. The van der Waals surface area contributed by atoms with Gasteiger partial charge in [0, 0.05) is 12.8 Å². The second-order valence-corrected chi connectivity index (χ2v) is 5.52. The summed E-state index contributed by atoms with van der Waals surface area (Å²) >= 11 is 0. The third kappa shape index (κ3) is 1.89. The molecule has 1 aliphatic rings. The van der Waals surface area contributed by atoms with Crippen LogP contribution in [0.3, 0.4) is 0 Å². The molecule has 0 radical (unpaired) electrons. The van der Waals surface area contributed by atoms with Crippen molar-refractivity contribution in [2.45, 2.75) is 38.7 Å². The highest BCUT2D eigenvalue weighted by molar-refractivity contribution is 5.74. The highest BCUT2D eigenvalue weighted by Gasteiger charge is 2.43. The molecule has 0 bridgehead atoms. The Hall–Kier alpha value is -1.88. The molecule has 1 aliphatic carbocycles. The quantitative estimate of drug-likeness (QED) is 0.870. The monoisotopic (exact) mass is 273 g/mol. The van der Waals surface area contributed by atoms with E-state index in [-0.39, 0.29) is 5.60 Å². The van der Waals surface area contributed by atoms with E-state index < -0.39 is 0 Å². The fourth-order valence-electron chi connectivity index (χ4n) is 2.69. The maximum absolute atomic E-state index is 6.12. The lowest BCUT2D eigenvalue weighted by Gasteiger charge is -2.37. The van der Waals surface area contributed by atoms with Gasteiger partial charge in [0.1, 0.15) is 5.60 Å². The molecular formula is C15H19N3O2. The lowest BCUT2D eigenvalue weighted by molar-refractivity contribution is -0.0858. The molecule has 1 aromatic carbocycles. The molecule has 2 aromatic rings. The largest absolute Gasteiger partial charge is 0.398 e. The van der Waals surface area contributed by atoms with Crippen molar-refractivity contribution < 1.29 is 9.26 Å². The molecule has 0 aliphatic heterocycles. The van der Waals surface area contributed by atoms with Crippen LogP contribution in [-0.2, 0) is 10.3 Å². The Kier molecular flexibility index (Phi) is 3.01. The third-order valence-corrected chi connectivity index (χ3v) is 4.15. The molecule has 20 heavy (non-hydrogen) atoms. The number of hydrogen-bond donors (Lipinski definition) is 1. The summed E-state index contributed by atoms with van der Waals surface area (Å²) in [7, 11) is 1.69. The van der Waals surface area contributed by atoms with E-state index in [0.717, 1.165) is 36.0 Å². The van der Waals surface area contributed by atoms with Gasteiger partial charge in [0.2, 0.25) is 5.82 Å². The number of nitrogens with two attached hydrogens (primary N) is 1. The van der Waals surface area contributed by atoms with E-state index in [4.69, 9.17) is 15.0 Å². The van der Waals surface area contributed by atoms with Crippen molar-refractivity contribution in [3.63, 3.8) is 0 Å². The van der Waals surface area contributed by atoms with Gasteiger partial charge in [-0.25, -0.2) is 0 Å². The molecule has 0 spiro atoms. The van der Waals surface area contributed by atoms with Crippen LogP contribution in [0.25, 0.3) is 11.5 Å². The van der Waals surface area contributed by atoms with Crippen LogP contribution >= 0.6 is 0 Å². The molecule has 0 saturated heterocycles. The summed E-state index contributed by atoms with van der Waals surface area (Å²) in [4.78, 5) is 4.51. The smallest absolute Gasteiger partial charge is 0.260 e. The van der Waals surface area contributed by atoms with Crippen LogP contribution in [0.1, 0.15) is 36.2 Å². The van der Waals surface area contributed by atoms with Crippen LogP contribution < -0.4 is 5.73 Å². The zero-order valence-electron chi connectivity index (χ0n) is 12.1. The predicted octanol–water partition coefficient (Wildman–Crippen LogP) is 2.96. The van der Waals surface area contributed by atoms with Gasteiger partial charge < -0.3 is 15.0 Å². The van der Waals surface area contributed by atoms with Gasteiger partial charge >= 0.3 is 0 Å². The van der Waals surface area contributed by atoms with Gasteiger partial charge in [-0.2, -0.15) is 4.98 Å². The average molecular weight is 273 g/mol. The van der Waals surface area contributed by atoms with Gasteiger partial charge in [0.25, 0.3) is 5.89 Å². The Balaban J connectivity index is 2.02. The van der Waals surface area contributed by atoms with E-state index in [2.05, 4.69) is 10.1 Å². The van der Waals surface area contributed by atoms with E-state index in [9.17, 15) is 0 Å². The van der Waals surface area contributed by atoms with Crippen LogP contribution in [0.5, 0.6) is 0 Å². The predicted molar refractivity (Wildman–Crippen MR) is 76.2 cm³/mol. The van der Waals surface area contributed by atoms with E-state index in [1.54, 1.807) is 7.11 Å². The van der Waals surface area contributed by atoms with Crippen LogP contribution in [0.4, 0.5) is 5.69 Å². The van der Waals surface area contributed by atoms with Crippen LogP contribution in [0.2, 0.25) is 0 Å². The molecule has 0 unspecified atom stereocenters. The molecule has 1 heterocycles. The number of nitrogen functional groups attached to an aromatic ring is 1. The summed E-state index contributed by atoms with van der Waals surface area (Å²) in [5, 5.41) is 4.09. The maximum Gasteiger partial charge on any atom is 0.260 e. The first-order valence-electron chi connectivity index (χ1n) is 6.82. The molecule has 2 N–H and O–H groups in total. The number of rotatable bonds is 3. The minimum absolute atomic E-state index is 0.366. The van der Waals surface area contributed by atoms with E-state index in [1.807, 2.05) is 26.0 Å². The van der Waals surface area contributed by atoms with Crippen molar-refractivity contribution in [1.29, 1.82) is 0 Å². The van der Waals surface area contributed by atoms with E-state index in [1.165, 1.54) is 0 Å². The fraction of sp³-hybridized carbons (Fsp3) is 0.467. The molecule has 5 nitrogen and oxygen atoms in total. The molecular weight excluding hydrogens is 254 g/mol. The Morgan fingerprint density at radius 3 is 2.65 bits per heavy atom. The average Bonchev–Trinajstić information content (AvgIpc) is 2.83. The number of hydrogen-bond acceptors (Lipinski definition) is 5. The first-order chi connectivity index (χ1) is 9.55. The summed E-state index contributed by atoms with van der Waals surface area (Å²) in [6.07, 6.45) is 3.00. The zero-order chi connectivity index (χ0) is 14.3. The number of nitrogens with zero attached hydrogens (tertiary/aromatic N) is 2. The van der Waals surface area contributed by atoms with Crippen molar-refractivity contribution in [1.82, 2.24) is 10.1 Å². The Morgan fingerprint density at radius 1 is 1.30 bits per heavy atom. The fourth-order valence-corrected chi connectivity index (χ4v) is 2.69. The number of aromatic nitrogens is 2. The lowest BCUT2D eigenvalue weighted by Crippen LogP contribution is -2.37. The van der Waals surface area contributed by atoms with Crippen molar-refractivity contribution in [3.8, 4) is 11.5 Å². The van der Waals surface area contributed by atoms with Crippen LogP contribution in [-0.4, -0.2) is 17.3 Å². The second kappa shape index (κ2) is 4.59. The van der Waals surface area contributed by atoms with Crippen molar-refractivity contribution in [3.05, 3.63) is 29.1 Å². The number of aryl methyl sites for hydroxylation is 2. The molecule has 1 fully saturated rings. The summed E-state index contributed by atoms with van der Waals surface area (Å²) in [5.41, 5.74) is 9.38. The Morgan fingerprint density at radius 2 is 2.05 bits per heavy atom. The van der Waals surface area contributed by atoms with Crippen LogP contribution in [0.15, 0.2) is 16.7 Å². The van der Waals surface area contributed by atoms with E-state index in [0.29, 0.717) is 17.4 Å². The van der Waals surface area contributed by atoms with Crippen LogP contribution in [0, 0.1) is 13.8 Å². The first-order valence-corrected chi connectivity index (χ1v) is 6.82. The zero-order valence-corrected chi connectivity index (χ0v) is 12.1. The standard InChI is InChI=1S/C15H19N3O2/c1-9-7-10(2)12(16)11(8-9)13-17-14(18-20-13)15(19-3)5-4-6-15/h7-8H,4-6,16H2,1-3H3. The van der Waals surface area contributed by atoms with Gasteiger partial charge in [0.05, 0.1) is 5.56 Å². The van der Waals surface area contributed by atoms with Gasteiger partial charge in [-0.1, -0.05) is 11.2 Å². The molecule has 0 atom stereocenters. The highest BCUT2D eigenvalue weighted by atomic mass is 16.5. The third-order valence-electron chi connectivity index (χ3n) is 4.15. The summed E-state index contributed by atoms with van der Waals surface area (Å²) < 4.78 is 11.0. The van der Waals surface area contributed by atoms with Gasteiger partial charge in [0.15, 0.2) is 0 Å². The Labute approximate surface area is 118 Å². The normalized spacial score (nSPS) is 16.9. The molecule has 5 heteroatoms.